The first-order chi connectivity index (χ1) is 21.3. The van der Waals surface area contributed by atoms with Crippen molar-refractivity contribution in [1.29, 1.82) is 0 Å². The second kappa shape index (κ2) is 9.20. The van der Waals surface area contributed by atoms with Crippen molar-refractivity contribution >= 4 is 37.6 Å². The minimum atomic E-state index is -0.0334. The van der Waals surface area contributed by atoms with Gasteiger partial charge in [-0.1, -0.05) is 0 Å². The first-order valence-corrected chi connectivity index (χ1v) is 25.3. The Morgan fingerprint density at radius 1 is 0.302 bits per heavy atom. The predicted octanol–water partition coefficient (Wildman–Crippen LogP) is 7.53. The minimum absolute atomic E-state index is 0.0334. The van der Waals surface area contributed by atoms with Crippen LogP contribution in [0.25, 0.3) is 0 Å². The summed E-state index contributed by atoms with van der Waals surface area (Å²) in [5.41, 5.74) is 18.6. The predicted molar refractivity (Wildman–Crippen MR) is 178 cm³/mol. The van der Waals surface area contributed by atoms with E-state index in [1.807, 2.05) is 0 Å². The van der Waals surface area contributed by atoms with Gasteiger partial charge < -0.3 is 0 Å². The SMILES string of the molecule is c1ccc2c(c1)C1c3ccccc3C2([Se][Se][Se]C23c4ccccc4C(c4ccccc42)c2ccccc23)c2ccccc21. The Balaban J connectivity index is 1.17. The monoisotopic (exact) mass is 746 g/mol. The van der Waals surface area contributed by atoms with Gasteiger partial charge in [0.1, 0.15) is 0 Å². The van der Waals surface area contributed by atoms with Crippen molar-refractivity contribution in [1.82, 2.24) is 0 Å². The first-order valence-electron chi connectivity index (χ1n) is 14.9. The van der Waals surface area contributed by atoms with Crippen molar-refractivity contribution in [2.75, 3.05) is 0 Å². The molecule has 6 aromatic rings. The Kier molecular flexibility index (Phi) is 5.40. The van der Waals surface area contributed by atoms with E-state index in [0.717, 1.165) is 0 Å². The van der Waals surface area contributed by atoms with Gasteiger partial charge in [0.25, 0.3) is 0 Å². The quantitative estimate of drug-likeness (QED) is 0.164. The van der Waals surface area contributed by atoms with E-state index in [1.54, 1.807) is 33.4 Å². The van der Waals surface area contributed by atoms with E-state index in [4.69, 9.17) is 0 Å². The van der Waals surface area contributed by atoms with Gasteiger partial charge in [0, 0.05) is 0 Å². The standard InChI is InChI=1S/C40H26Se3/c1-7-19-31-25(13-1)37-26-14-2-8-20-32(26)39(31,33-21-9-3-15-27(33)37)41-43-42-40-34-22-10-4-16-28(34)38(29-17-5-11-23-35(29)40)30-18-6-12-24-36(30)40/h1-24,37-38H. The van der Waals surface area contributed by atoms with Crippen LogP contribution in [0.3, 0.4) is 0 Å². The van der Waals surface area contributed by atoms with Gasteiger partial charge in [0.15, 0.2) is 0 Å². The van der Waals surface area contributed by atoms with Crippen LogP contribution in [0.1, 0.15) is 78.6 Å². The van der Waals surface area contributed by atoms with Crippen molar-refractivity contribution in [3.05, 3.63) is 212 Å². The van der Waals surface area contributed by atoms with Gasteiger partial charge in [0.05, 0.1) is 0 Å². The van der Waals surface area contributed by atoms with Crippen LogP contribution < -0.4 is 0 Å². The van der Waals surface area contributed by atoms with E-state index in [0.29, 0.717) is 49.4 Å². The molecule has 0 aromatic heterocycles. The van der Waals surface area contributed by atoms with Gasteiger partial charge in [-0.3, -0.25) is 0 Å². The van der Waals surface area contributed by atoms with Crippen molar-refractivity contribution in [3.63, 3.8) is 0 Å². The van der Waals surface area contributed by atoms with Gasteiger partial charge >= 0.3 is 270 Å². The second-order valence-electron chi connectivity index (χ2n) is 12.0. The van der Waals surface area contributed by atoms with Gasteiger partial charge in [-0.15, -0.1) is 0 Å². The molecule has 6 aliphatic rings. The van der Waals surface area contributed by atoms with Gasteiger partial charge in [-0.2, -0.15) is 0 Å². The molecule has 43 heavy (non-hydrogen) atoms. The molecule has 3 heteroatoms. The third-order valence-electron chi connectivity index (χ3n) is 10.2. The number of hydrogen-bond donors (Lipinski definition) is 0. The van der Waals surface area contributed by atoms with E-state index < -0.39 is 0 Å². The maximum absolute atomic E-state index is 2.46. The molecular formula is C40H26Se3. The molecule has 6 aromatic carbocycles. The molecule has 0 fully saturated rings. The number of hydrogen-bond acceptors (Lipinski definition) is 0. The Labute approximate surface area is 268 Å². The van der Waals surface area contributed by atoms with Crippen molar-refractivity contribution in [2.24, 2.45) is 0 Å². The number of rotatable bonds is 4. The van der Waals surface area contributed by atoms with E-state index in [-0.39, 0.29) is 8.63 Å². The third-order valence-corrected chi connectivity index (χ3v) is 29.0. The number of benzene rings is 6. The van der Waals surface area contributed by atoms with Gasteiger partial charge in [-0.25, -0.2) is 0 Å². The third kappa shape index (κ3) is 3.09. The van der Waals surface area contributed by atoms with E-state index in [2.05, 4.69) is 146 Å². The Bertz CT molecular complexity index is 1730. The summed E-state index contributed by atoms with van der Waals surface area (Å²) in [6.07, 6.45) is 0. The average Bonchev–Trinajstić information content (AvgIpc) is 3.08. The van der Waals surface area contributed by atoms with E-state index in [9.17, 15) is 0 Å². The molecule has 0 N–H and O–H groups in total. The summed E-state index contributed by atoms with van der Waals surface area (Å²) in [4.78, 5) is 0. The van der Waals surface area contributed by atoms with Crippen molar-refractivity contribution in [3.8, 4) is 0 Å². The molecule has 0 heterocycles. The normalized spacial score (nSPS) is 24.3. The van der Waals surface area contributed by atoms with Crippen molar-refractivity contribution < 1.29 is 0 Å². The van der Waals surface area contributed by atoms with E-state index >= 15 is 0 Å². The molecule has 0 amide bonds. The molecule has 0 atom stereocenters. The molecule has 0 radical (unpaired) electrons. The molecule has 6 aliphatic carbocycles. The van der Waals surface area contributed by atoms with Crippen LogP contribution >= 0.6 is 0 Å². The molecule has 0 nitrogen and oxygen atoms in total. The molecule has 0 saturated carbocycles. The van der Waals surface area contributed by atoms with Crippen molar-refractivity contribution in [2.45, 2.75) is 20.5 Å². The van der Waals surface area contributed by atoms with Crippen LogP contribution in [0.15, 0.2) is 146 Å². The van der Waals surface area contributed by atoms with Crippen LogP contribution in [0.4, 0.5) is 0 Å². The summed E-state index contributed by atoms with van der Waals surface area (Å²) < 4.78 is -0.0668. The van der Waals surface area contributed by atoms with Gasteiger partial charge in [-0.05, 0) is 0 Å². The molecule has 12 rings (SSSR count). The summed E-state index contributed by atoms with van der Waals surface area (Å²) >= 11 is 1.21. The van der Waals surface area contributed by atoms with Crippen LogP contribution in [-0.4, -0.2) is 37.6 Å². The molecule has 4 bridgehead atoms. The van der Waals surface area contributed by atoms with Crippen LogP contribution in [0.5, 0.6) is 0 Å². The van der Waals surface area contributed by atoms with Crippen LogP contribution in [0, 0.1) is 0 Å². The molecule has 0 spiro atoms. The second-order valence-corrected chi connectivity index (χ2v) is 28.4. The van der Waals surface area contributed by atoms with Gasteiger partial charge in [0.2, 0.25) is 0 Å². The summed E-state index contributed by atoms with van der Waals surface area (Å²) in [7, 11) is 0. The Morgan fingerprint density at radius 3 is 0.744 bits per heavy atom. The Morgan fingerprint density at radius 2 is 0.512 bits per heavy atom. The van der Waals surface area contributed by atoms with E-state index in [1.165, 1.54) is 33.4 Å². The molecule has 0 aliphatic heterocycles. The fourth-order valence-corrected chi connectivity index (χ4v) is 34.6. The molecule has 204 valence electrons. The fraction of sp³-hybridized carbons (Fsp3) is 0.100. The van der Waals surface area contributed by atoms with Crippen LogP contribution in [0.2, 0.25) is 0 Å². The van der Waals surface area contributed by atoms with Crippen LogP contribution in [-0.2, 0) is 8.63 Å². The Hall–Kier alpha value is -3.12. The zero-order chi connectivity index (χ0) is 28.2. The maximum atomic E-state index is 2.46. The summed E-state index contributed by atoms with van der Waals surface area (Å²) in [5, 5.41) is 0. The topological polar surface area (TPSA) is 0 Å². The zero-order valence-electron chi connectivity index (χ0n) is 23.2. The molecule has 0 saturated heterocycles. The zero-order valence-corrected chi connectivity index (χ0v) is 28.4. The molecular weight excluding hydrogens is 717 g/mol. The fourth-order valence-electron chi connectivity index (χ4n) is 8.68. The summed E-state index contributed by atoms with van der Waals surface area (Å²) in [6.45, 7) is 0. The first kappa shape index (κ1) is 25.2. The summed E-state index contributed by atoms with van der Waals surface area (Å²) in [5.74, 6) is 0.689. The average molecular weight is 744 g/mol. The summed E-state index contributed by atoms with van der Waals surface area (Å²) in [6, 6.07) is 56.5. The molecule has 0 unspecified atom stereocenters.